The third-order valence-corrected chi connectivity index (χ3v) is 21.2. The van der Waals surface area contributed by atoms with Crippen LogP contribution in [0.5, 0.6) is 0 Å². The Hall–Kier alpha value is -1.94. The molecule has 0 rings (SSSR count). The fraction of sp³-hybridized carbons (Fsp3) is 0.950. The average Bonchev–Trinajstić information content (AvgIpc) is 1.01. The van der Waals surface area contributed by atoms with Crippen LogP contribution < -0.4 is 0 Å². The van der Waals surface area contributed by atoms with E-state index in [2.05, 4.69) is 55.4 Å². The number of aliphatic hydroxyl groups excluding tert-OH is 1. The molecule has 588 valence electrons. The van der Waals surface area contributed by atoms with Crippen LogP contribution in [0.3, 0.4) is 0 Å². The maximum absolute atomic E-state index is 13.1. The van der Waals surface area contributed by atoms with Crippen molar-refractivity contribution in [2.75, 3.05) is 39.6 Å². The van der Waals surface area contributed by atoms with Crippen molar-refractivity contribution in [2.24, 2.45) is 23.7 Å². The second-order valence-electron chi connectivity index (χ2n) is 30.2. The van der Waals surface area contributed by atoms with Crippen LogP contribution in [0.25, 0.3) is 0 Å². The lowest BCUT2D eigenvalue weighted by atomic mass is 9.99. The molecular weight excluding hydrogens is 1290 g/mol. The number of aliphatic hydroxyl groups is 1. The second kappa shape index (κ2) is 69.1. The van der Waals surface area contributed by atoms with Crippen molar-refractivity contribution in [1.82, 2.24) is 0 Å². The van der Waals surface area contributed by atoms with Crippen LogP contribution in [0.15, 0.2) is 0 Å². The van der Waals surface area contributed by atoms with Crippen LogP contribution in [0.1, 0.15) is 409 Å². The van der Waals surface area contributed by atoms with Gasteiger partial charge in [0, 0.05) is 25.7 Å². The Bertz CT molecular complexity index is 1940. The maximum Gasteiger partial charge on any atom is 0.472 e. The van der Waals surface area contributed by atoms with E-state index in [0.717, 1.165) is 114 Å². The molecule has 7 atom stereocenters. The first-order valence-corrected chi connectivity index (χ1v) is 44.3. The van der Waals surface area contributed by atoms with E-state index in [0.29, 0.717) is 31.6 Å². The summed E-state index contributed by atoms with van der Waals surface area (Å²) in [5, 5.41) is 10.6. The molecule has 0 fully saturated rings. The van der Waals surface area contributed by atoms with Crippen LogP contribution in [0, 0.1) is 23.7 Å². The molecule has 0 saturated carbocycles. The summed E-state index contributed by atoms with van der Waals surface area (Å²) in [4.78, 5) is 73.0. The van der Waals surface area contributed by atoms with Crippen molar-refractivity contribution in [1.29, 1.82) is 0 Å². The van der Waals surface area contributed by atoms with E-state index in [4.69, 9.17) is 37.0 Å². The highest BCUT2D eigenvalue weighted by atomic mass is 31.2. The molecule has 99 heavy (non-hydrogen) atoms. The van der Waals surface area contributed by atoms with Gasteiger partial charge in [-0.25, -0.2) is 9.13 Å². The van der Waals surface area contributed by atoms with Crippen molar-refractivity contribution in [2.45, 2.75) is 427 Å². The molecule has 0 radical (unpaired) electrons. The minimum atomic E-state index is -4.96. The number of esters is 4. The minimum absolute atomic E-state index is 0.106. The van der Waals surface area contributed by atoms with E-state index in [9.17, 15) is 43.2 Å². The summed E-state index contributed by atoms with van der Waals surface area (Å²) in [6.07, 6.45) is 55.4. The molecule has 0 aliphatic carbocycles. The van der Waals surface area contributed by atoms with Crippen molar-refractivity contribution < 1.29 is 80.2 Å². The molecule has 0 heterocycles. The number of ether oxygens (including phenoxy) is 4. The quantitative estimate of drug-likeness (QED) is 0.0222. The second-order valence-corrected chi connectivity index (χ2v) is 33.1. The topological polar surface area (TPSA) is 237 Å². The monoisotopic (exact) mass is 1450 g/mol. The Balaban J connectivity index is 5.24. The van der Waals surface area contributed by atoms with Gasteiger partial charge in [0.05, 0.1) is 26.4 Å². The van der Waals surface area contributed by atoms with Gasteiger partial charge in [0.25, 0.3) is 0 Å². The molecule has 0 aromatic rings. The van der Waals surface area contributed by atoms with Crippen LogP contribution in [-0.2, 0) is 65.4 Å². The summed E-state index contributed by atoms with van der Waals surface area (Å²) in [6.45, 7) is 14.3. The third-order valence-electron chi connectivity index (χ3n) is 19.3. The van der Waals surface area contributed by atoms with Crippen LogP contribution in [-0.4, -0.2) is 96.7 Å². The number of carbonyl (C=O) groups is 4. The zero-order chi connectivity index (χ0) is 73.1. The normalized spacial score (nSPS) is 14.6. The van der Waals surface area contributed by atoms with Crippen molar-refractivity contribution in [3.05, 3.63) is 0 Å². The Morgan fingerprint density at radius 2 is 0.485 bits per heavy atom. The van der Waals surface area contributed by atoms with E-state index in [-0.39, 0.29) is 25.7 Å². The van der Waals surface area contributed by atoms with Gasteiger partial charge in [-0.2, -0.15) is 0 Å². The Morgan fingerprint density at radius 1 is 0.283 bits per heavy atom. The summed E-state index contributed by atoms with van der Waals surface area (Å²) in [5.74, 6) is 1.04. The van der Waals surface area contributed by atoms with Gasteiger partial charge in [0.1, 0.15) is 19.3 Å². The average molecular weight is 1450 g/mol. The number of carbonyl (C=O) groups excluding carboxylic acids is 4. The van der Waals surface area contributed by atoms with Crippen molar-refractivity contribution in [3.63, 3.8) is 0 Å². The number of unbranched alkanes of at least 4 members (excludes halogenated alkanes) is 41. The van der Waals surface area contributed by atoms with Gasteiger partial charge in [-0.05, 0) is 49.4 Å². The third kappa shape index (κ3) is 71.5. The van der Waals surface area contributed by atoms with Gasteiger partial charge in [0.2, 0.25) is 0 Å². The highest BCUT2D eigenvalue weighted by molar-refractivity contribution is 7.47. The summed E-state index contributed by atoms with van der Waals surface area (Å²) in [5.41, 5.74) is 0. The van der Waals surface area contributed by atoms with E-state index < -0.39 is 97.5 Å². The zero-order valence-corrected chi connectivity index (χ0v) is 66.9. The fourth-order valence-electron chi connectivity index (χ4n) is 12.2. The SMILES string of the molecule is CCC(C)CCCCCCCCCCCCCCCCC(=O)OC[C@H](COP(=O)(O)OCC(O)COP(=O)(O)OC[C@@H](COC(=O)CCCCCCCCCC(C)C)OC(=O)CCCCCCCCCCCCCCCCC(C)C)OC(=O)CCCCCCCCCCCCC(C)CC. The number of rotatable bonds is 77. The molecule has 0 aliphatic heterocycles. The van der Waals surface area contributed by atoms with Crippen LogP contribution in [0.4, 0.5) is 0 Å². The van der Waals surface area contributed by atoms with Gasteiger partial charge in [-0.15, -0.1) is 0 Å². The summed E-state index contributed by atoms with van der Waals surface area (Å²) in [7, 11) is -9.92. The van der Waals surface area contributed by atoms with Crippen molar-refractivity contribution in [3.8, 4) is 0 Å². The molecule has 0 aliphatic rings. The Labute approximate surface area is 607 Å². The molecule has 19 heteroatoms. The molecule has 0 aromatic heterocycles. The predicted molar refractivity (Wildman–Crippen MR) is 404 cm³/mol. The van der Waals surface area contributed by atoms with Crippen LogP contribution in [0.2, 0.25) is 0 Å². The van der Waals surface area contributed by atoms with Gasteiger partial charge >= 0.3 is 39.5 Å². The maximum atomic E-state index is 13.1. The number of hydrogen-bond donors (Lipinski definition) is 3. The molecule has 5 unspecified atom stereocenters. The fourth-order valence-corrected chi connectivity index (χ4v) is 13.8. The molecule has 0 saturated heterocycles. The van der Waals surface area contributed by atoms with E-state index in [1.807, 2.05) is 0 Å². The molecule has 17 nitrogen and oxygen atoms in total. The van der Waals surface area contributed by atoms with Crippen LogP contribution >= 0.6 is 15.6 Å². The largest absolute Gasteiger partial charge is 0.472 e. The summed E-state index contributed by atoms with van der Waals surface area (Å²) in [6, 6.07) is 0. The zero-order valence-electron chi connectivity index (χ0n) is 65.1. The molecule has 0 spiro atoms. The Morgan fingerprint density at radius 3 is 0.717 bits per heavy atom. The molecule has 3 N–H and O–H groups in total. The molecule has 0 bridgehead atoms. The highest BCUT2D eigenvalue weighted by Crippen LogP contribution is 2.45. The molecule has 0 aromatic carbocycles. The first-order valence-electron chi connectivity index (χ1n) is 41.3. The number of phosphoric ester groups is 2. The van der Waals surface area contributed by atoms with Gasteiger partial charge < -0.3 is 33.8 Å². The van der Waals surface area contributed by atoms with Gasteiger partial charge in [0.15, 0.2) is 12.2 Å². The minimum Gasteiger partial charge on any atom is -0.462 e. The summed E-state index contributed by atoms with van der Waals surface area (Å²) >= 11 is 0. The molecule has 0 amide bonds. The van der Waals surface area contributed by atoms with Gasteiger partial charge in [-0.1, -0.05) is 357 Å². The van der Waals surface area contributed by atoms with Crippen molar-refractivity contribution >= 4 is 39.5 Å². The lowest BCUT2D eigenvalue weighted by Crippen LogP contribution is -2.30. The Kier molecular flexibility index (Phi) is 67.8. The lowest BCUT2D eigenvalue weighted by molar-refractivity contribution is -0.161. The number of phosphoric acid groups is 2. The highest BCUT2D eigenvalue weighted by Gasteiger charge is 2.30. The number of hydrogen-bond acceptors (Lipinski definition) is 15. The van der Waals surface area contributed by atoms with E-state index in [1.165, 1.54) is 205 Å². The van der Waals surface area contributed by atoms with E-state index in [1.54, 1.807) is 0 Å². The predicted octanol–water partition coefficient (Wildman–Crippen LogP) is 23.6. The first kappa shape index (κ1) is 97.1. The summed E-state index contributed by atoms with van der Waals surface area (Å²) < 4.78 is 68.7. The molecular formula is C80H156O17P2. The lowest BCUT2D eigenvalue weighted by Gasteiger charge is -2.21. The smallest absolute Gasteiger partial charge is 0.462 e. The van der Waals surface area contributed by atoms with E-state index >= 15 is 0 Å². The first-order chi connectivity index (χ1) is 47.7. The van der Waals surface area contributed by atoms with Gasteiger partial charge in [-0.3, -0.25) is 37.3 Å². The standard InChI is InChI=1S/C80H156O17P2/c1-9-72(7)58-50-42-34-26-20-16-12-14-17-21-28-36-44-52-60-77(82)90-66-75(96-80(85)63-55-47-38-30-24-23-27-35-43-51-59-73(8)10-2)68-94-98(86,87)92-64-74(81)65-93-99(88,89)95-69-76(67-91-78(83)61-53-45-39-31-33-41-49-57-71(5)6)97-79(84)62-54-46-37-29-22-18-13-11-15-19-25-32-40-48-56-70(3)4/h70-76,81H,9-69H2,1-8H3,(H,86,87)(H,88,89)/t72?,73?,74?,75-,76-/m1/s1.